The highest BCUT2D eigenvalue weighted by atomic mass is 32.2. The number of carbonyl (C=O) groups excluding carboxylic acids is 3. The molecular formula is C37H41NO8S2. The standard InChI is InChI=1S/C37H41NO8S2/c1-3-4-24-48(42)38-29(25-16-14-15-17-25)30-31(43-34(39)26-18-8-5-9-19-26)32(44-35(40)27-20-10-6-11-21-27)33(37(46-30)47-2)45-36(41)28-22-12-7-13-23-28/h5-14,16,18-23,25,29-33,37-38H,3-4,15,17,24H2,1-2H3/t25-,29+,30?,31?,32?,33?,37?,48?/m0/s1. The van der Waals surface area contributed by atoms with Crippen molar-refractivity contribution in [3.63, 3.8) is 0 Å². The maximum absolute atomic E-state index is 13.7. The predicted octanol–water partition coefficient (Wildman–Crippen LogP) is 6.14. The van der Waals surface area contributed by atoms with E-state index < -0.39 is 65.2 Å². The van der Waals surface area contributed by atoms with E-state index in [1.165, 1.54) is 11.8 Å². The minimum absolute atomic E-state index is 0.116. The van der Waals surface area contributed by atoms with Crippen LogP contribution < -0.4 is 4.72 Å². The normalized spacial score (nSPS) is 24.7. The summed E-state index contributed by atoms with van der Waals surface area (Å²) < 4.78 is 41.9. The molecule has 3 aromatic carbocycles. The van der Waals surface area contributed by atoms with Crippen LogP contribution in [0, 0.1) is 5.92 Å². The van der Waals surface area contributed by atoms with Crippen LogP contribution in [0.4, 0.5) is 0 Å². The summed E-state index contributed by atoms with van der Waals surface area (Å²) in [5.41, 5.74) is 0.0247. The summed E-state index contributed by atoms with van der Waals surface area (Å²) in [5, 5.41) is 0. The third-order valence-electron chi connectivity index (χ3n) is 8.34. The van der Waals surface area contributed by atoms with Gasteiger partial charge in [0.1, 0.15) is 17.3 Å². The van der Waals surface area contributed by atoms with Gasteiger partial charge in [-0.2, -0.15) is 0 Å². The van der Waals surface area contributed by atoms with Gasteiger partial charge in [0.15, 0.2) is 18.3 Å². The second-order valence-electron chi connectivity index (χ2n) is 11.6. The van der Waals surface area contributed by atoms with Gasteiger partial charge in [-0.3, -0.25) is 0 Å². The van der Waals surface area contributed by atoms with E-state index in [9.17, 15) is 18.9 Å². The molecule has 254 valence electrons. The molecule has 9 nitrogen and oxygen atoms in total. The Morgan fingerprint density at radius 1 is 0.833 bits per heavy atom. The molecule has 1 N–H and O–H groups in total. The minimum atomic E-state index is -1.42. The fourth-order valence-corrected chi connectivity index (χ4v) is 7.84. The Hall–Kier alpha value is -3.61. The van der Waals surface area contributed by atoms with Crippen LogP contribution in [0.5, 0.6) is 0 Å². The Morgan fingerprint density at radius 3 is 1.79 bits per heavy atom. The second-order valence-corrected chi connectivity index (χ2v) is 13.9. The van der Waals surface area contributed by atoms with Crippen molar-refractivity contribution in [2.75, 3.05) is 12.0 Å². The predicted molar refractivity (Wildman–Crippen MR) is 186 cm³/mol. The van der Waals surface area contributed by atoms with Gasteiger partial charge in [-0.1, -0.05) is 80.1 Å². The molecule has 0 aromatic heterocycles. The van der Waals surface area contributed by atoms with E-state index in [1.807, 2.05) is 6.92 Å². The van der Waals surface area contributed by atoms with Gasteiger partial charge in [-0.05, 0) is 67.8 Å². The van der Waals surface area contributed by atoms with Crippen molar-refractivity contribution in [3.8, 4) is 0 Å². The molecule has 1 aliphatic heterocycles. The van der Waals surface area contributed by atoms with Gasteiger partial charge < -0.3 is 23.5 Å². The van der Waals surface area contributed by atoms with Crippen molar-refractivity contribution >= 4 is 41.0 Å². The van der Waals surface area contributed by atoms with E-state index in [2.05, 4.69) is 16.9 Å². The largest absolute Gasteiger partial charge is 0.598 e. The smallest absolute Gasteiger partial charge is 0.338 e. The molecule has 1 heterocycles. The maximum Gasteiger partial charge on any atom is 0.338 e. The Labute approximate surface area is 289 Å². The number of thioether (sulfide) groups is 1. The first-order valence-corrected chi connectivity index (χ1v) is 18.8. The van der Waals surface area contributed by atoms with Crippen LogP contribution in [-0.4, -0.2) is 70.4 Å². The van der Waals surface area contributed by atoms with Gasteiger partial charge in [0.2, 0.25) is 0 Å². The number of esters is 3. The van der Waals surface area contributed by atoms with Gasteiger partial charge >= 0.3 is 17.9 Å². The topological polar surface area (TPSA) is 123 Å². The fourth-order valence-electron chi connectivity index (χ4n) is 5.85. The highest BCUT2D eigenvalue weighted by Gasteiger charge is 2.56. The molecule has 5 rings (SSSR count). The molecule has 0 saturated carbocycles. The summed E-state index contributed by atoms with van der Waals surface area (Å²) in [6.45, 7) is 2.03. The van der Waals surface area contributed by atoms with Crippen LogP contribution in [0.3, 0.4) is 0 Å². The molecule has 0 amide bonds. The summed E-state index contributed by atoms with van der Waals surface area (Å²) >= 11 is -0.145. The lowest BCUT2D eigenvalue weighted by Crippen LogP contribution is -2.66. The van der Waals surface area contributed by atoms with Gasteiger partial charge in [-0.15, -0.1) is 16.5 Å². The molecule has 11 heteroatoms. The van der Waals surface area contributed by atoms with E-state index >= 15 is 0 Å². The molecule has 1 aliphatic carbocycles. The van der Waals surface area contributed by atoms with Gasteiger partial charge in [-0.25, -0.2) is 14.4 Å². The summed E-state index contributed by atoms with van der Waals surface area (Å²) in [6, 6.07) is 24.8. The zero-order chi connectivity index (χ0) is 33.9. The Balaban J connectivity index is 1.58. The molecule has 2 aliphatic rings. The van der Waals surface area contributed by atoms with Gasteiger partial charge in [0.05, 0.1) is 22.7 Å². The zero-order valence-electron chi connectivity index (χ0n) is 27.0. The molecular weight excluding hydrogens is 651 g/mol. The van der Waals surface area contributed by atoms with Crippen LogP contribution in [-0.2, 0) is 30.3 Å². The lowest BCUT2D eigenvalue weighted by Gasteiger charge is -2.47. The zero-order valence-corrected chi connectivity index (χ0v) is 28.6. The van der Waals surface area contributed by atoms with E-state index in [0.717, 1.165) is 25.7 Å². The van der Waals surface area contributed by atoms with Crippen molar-refractivity contribution in [3.05, 3.63) is 120 Å². The first-order chi connectivity index (χ1) is 23.4. The van der Waals surface area contributed by atoms with Crippen LogP contribution in [0.2, 0.25) is 0 Å². The number of unbranched alkanes of at least 4 members (excludes halogenated alkanes) is 1. The summed E-state index contributed by atoms with van der Waals surface area (Å²) in [7, 11) is 0. The van der Waals surface area contributed by atoms with Crippen molar-refractivity contribution in [1.82, 2.24) is 4.72 Å². The Bertz CT molecular complexity index is 1510. The van der Waals surface area contributed by atoms with Crippen LogP contribution >= 0.6 is 11.8 Å². The maximum atomic E-state index is 13.7. The molecule has 0 bridgehead atoms. The van der Waals surface area contributed by atoms with E-state index in [0.29, 0.717) is 11.3 Å². The Morgan fingerprint density at radius 2 is 1.33 bits per heavy atom. The molecule has 0 radical (unpaired) electrons. The van der Waals surface area contributed by atoms with Gasteiger partial charge in [0, 0.05) is 11.4 Å². The molecule has 3 aromatic rings. The average Bonchev–Trinajstić information content (AvgIpc) is 3.67. The summed E-state index contributed by atoms with van der Waals surface area (Å²) in [4.78, 5) is 41.0. The SMILES string of the molecule is CCCC[S+]([O-])N[C@@H](C1OC(SC)C(OC(=O)c2ccccc2)C(OC(=O)c2ccccc2)C1OC(=O)c1ccccc1)[C@H]1C=CCC1. The van der Waals surface area contributed by atoms with Crippen molar-refractivity contribution in [2.45, 2.75) is 68.5 Å². The van der Waals surface area contributed by atoms with Crippen LogP contribution in [0.15, 0.2) is 103 Å². The first kappa shape index (κ1) is 35.7. The number of hydrogen-bond acceptors (Lipinski definition) is 10. The number of nitrogens with one attached hydrogen (secondary N) is 1. The van der Waals surface area contributed by atoms with E-state index in [1.54, 1.807) is 97.3 Å². The quantitative estimate of drug-likeness (QED) is 0.0913. The molecule has 48 heavy (non-hydrogen) atoms. The second kappa shape index (κ2) is 17.7. The summed E-state index contributed by atoms with van der Waals surface area (Å²) in [5.74, 6) is -1.68. The first-order valence-electron chi connectivity index (χ1n) is 16.2. The van der Waals surface area contributed by atoms with Crippen LogP contribution in [0.1, 0.15) is 63.7 Å². The third-order valence-corrected chi connectivity index (χ3v) is 10.4. The molecule has 1 saturated heterocycles. The van der Waals surface area contributed by atoms with Crippen LogP contribution in [0.25, 0.3) is 0 Å². The molecule has 6 unspecified atom stereocenters. The Kier molecular flexibility index (Phi) is 13.2. The number of benzene rings is 3. The highest BCUT2D eigenvalue weighted by molar-refractivity contribution is 7.99. The van der Waals surface area contributed by atoms with Crippen molar-refractivity contribution in [1.29, 1.82) is 0 Å². The fraction of sp³-hybridized carbons (Fsp3) is 0.378. The number of allylic oxidation sites excluding steroid dienone is 1. The molecule has 8 atom stereocenters. The minimum Gasteiger partial charge on any atom is -0.598 e. The lowest BCUT2D eigenvalue weighted by atomic mass is 9.87. The highest BCUT2D eigenvalue weighted by Crippen LogP contribution is 2.38. The third kappa shape index (κ3) is 9.09. The van der Waals surface area contributed by atoms with E-state index in [4.69, 9.17) is 18.9 Å². The number of hydrogen-bond donors (Lipinski definition) is 1. The monoisotopic (exact) mass is 691 g/mol. The number of carbonyl (C=O) groups is 3. The van der Waals surface area contributed by atoms with Crippen molar-refractivity contribution < 1.29 is 37.9 Å². The van der Waals surface area contributed by atoms with Gasteiger partial charge in [0.25, 0.3) is 0 Å². The lowest BCUT2D eigenvalue weighted by molar-refractivity contribution is -0.207. The number of rotatable bonds is 14. The summed E-state index contributed by atoms with van der Waals surface area (Å²) in [6.07, 6.45) is 4.48. The molecule has 1 fully saturated rings. The number of ether oxygens (including phenoxy) is 4. The average molecular weight is 692 g/mol. The molecule has 0 spiro atoms. The van der Waals surface area contributed by atoms with E-state index in [-0.39, 0.29) is 17.0 Å². The van der Waals surface area contributed by atoms with Crippen molar-refractivity contribution in [2.24, 2.45) is 5.92 Å².